The summed E-state index contributed by atoms with van der Waals surface area (Å²) in [6, 6.07) is 15.9. The van der Waals surface area contributed by atoms with Crippen LogP contribution in [0.4, 0.5) is 0 Å². The predicted octanol–water partition coefficient (Wildman–Crippen LogP) is 3.14. The highest BCUT2D eigenvalue weighted by molar-refractivity contribution is 5.91. The molecule has 174 valence electrons. The lowest BCUT2D eigenvalue weighted by atomic mass is 10.2. The number of hydrogen-bond donors (Lipinski definition) is 1. The fourth-order valence-electron chi connectivity index (χ4n) is 4.00. The molecule has 1 aliphatic heterocycles. The van der Waals surface area contributed by atoms with E-state index in [1.165, 1.54) is 0 Å². The number of aromatic nitrogens is 2. The van der Waals surface area contributed by atoms with Crippen molar-refractivity contribution in [3.05, 3.63) is 66.0 Å². The number of para-hydroxylation sites is 2. The third-order valence-corrected chi connectivity index (χ3v) is 5.74. The van der Waals surface area contributed by atoms with E-state index in [0.717, 1.165) is 67.6 Å². The van der Waals surface area contributed by atoms with Crippen molar-refractivity contribution >= 4 is 23.0 Å². The molecule has 0 unspecified atom stereocenters. The monoisotopic (exact) mass is 448 g/mol. The zero-order valence-corrected chi connectivity index (χ0v) is 19.2. The SMILES string of the molecule is CCOc1ccc(/C=C/C(=O)NCCc2nc3ccccc3n2CCN2CCOCC2)cc1. The van der Waals surface area contributed by atoms with Crippen LogP contribution in [-0.4, -0.2) is 66.4 Å². The summed E-state index contributed by atoms with van der Waals surface area (Å²) in [6.45, 7) is 8.51. The number of ether oxygens (including phenoxy) is 2. The lowest BCUT2D eigenvalue weighted by Crippen LogP contribution is -2.38. The Labute approximate surface area is 195 Å². The second-order valence-corrected chi connectivity index (χ2v) is 8.00. The first-order valence-corrected chi connectivity index (χ1v) is 11.7. The molecule has 2 aromatic carbocycles. The van der Waals surface area contributed by atoms with Gasteiger partial charge in [-0.25, -0.2) is 4.98 Å². The van der Waals surface area contributed by atoms with E-state index in [-0.39, 0.29) is 5.91 Å². The van der Waals surface area contributed by atoms with Gasteiger partial charge in [-0.1, -0.05) is 24.3 Å². The Morgan fingerprint density at radius 3 is 2.70 bits per heavy atom. The highest BCUT2D eigenvalue weighted by Gasteiger charge is 2.14. The molecule has 4 rings (SSSR count). The van der Waals surface area contributed by atoms with Crippen LogP contribution in [0.2, 0.25) is 0 Å². The number of amides is 1. The molecule has 7 heteroatoms. The molecule has 0 bridgehead atoms. The Morgan fingerprint density at radius 1 is 1.12 bits per heavy atom. The van der Waals surface area contributed by atoms with Gasteiger partial charge < -0.3 is 19.4 Å². The standard InChI is InChI=1S/C26H32N4O3/c1-2-33-22-10-7-21(8-11-22)9-12-26(31)27-14-13-25-28-23-5-3-4-6-24(23)30(25)16-15-29-17-19-32-20-18-29/h3-12H,2,13-20H2,1H3,(H,27,31)/b12-9+. The minimum atomic E-state index is -0.111. The molecule has 1 fully saturated rings. The number of fused-ring (bicyclic) bond motifs is 1. The van der Waals surface area contributed by atoms with Gasteiger partial charge in [0.05, 0.1) is 30.9 Å². The Balaban J connectivity index is 1.33. The number of carbonyl (C=O) groups excluding carboxylic acids is 1. The van der Waals surface area contributed by atoms with E-state index in [4.69, 9.17) is 14.5 Å². The number of nitrogens with one attached hydrogen (secondary N) is 1. The van der Waals surface area contributed by atoms with E-state index < -0.39 is 0 Å². The fourth-order valence-corrected chi connectivity index (χ4v) is 4.00. The molecule has 1 aromatic heterocycles. The van der Waals surface area contributed by atoms with Gasteiger partial charge in [-0.2, -0.15) is 0 Å². The van der Waals surface area contributed by atoms with Crippen molar-refractivity contribution in [1.82, 2.24) is 19.8 Å². The van der Waals surface area contributed by atoms with E-state index in [0.29, 0.717) is 19.6 Å². The topological polar surface area (TPSA) is 68.6 Å². The molecular formula is C26H32N4O3. The summed E-state index contributed by atoms with van der Waals surface area (Å²) in [5.41, 5.74) is 3.09. The zero-order chi connectivity index (χ0) is 22.9. The molecule has 2 heterocycles. The number of hydrogen-bond acceptors (Lipinski definition) is 5. The number of rotatable bonds is 10. The average molecular weight is 449 g/mol. The molecule has 1 amide bonds. The van der Waals surface area contributed by atoms with Crippen molar-refractivity contribution in [1.29, 1.82) is 0 Å². The normalized spacial score (nSPS) is 14.7. The van der Waals surface area contributed by atoms with Gasteiger partial charge in [-0.15, -0.1) is 0 Å². The Kier molecular flexibility index (Phi) is 8.11. The van der Waals surface area contributed by atoms with E-state index >= 15 is 0 Å². The fraction of sp³-hybridized carbons (Fsp3) is 0.385. The maximum absolute atomic E-state index is 12.3. The van der Waals surface area contributed by atoms with Crippen LogP contribution >= 0.6 is 0 Å². The molecular weight excluding hydrogens is 416 g/mol. The first kappa shape index (κ1) is 23.0. The summed E-state index contributed by atoms with van der Waals surface area (Å²) >= 11 is 0. The smallest absolute Gasteiger partial charge is 0.244 e. The molecule has 1 saturated heterocycles. The Hall–Kier alpha value is -3.16. The van der Waals surface area contributed by atoms with Crippen molar-refractivity contribution in [2.24, 2.45) is 0 Å². The molecule has 0 saturated carbocycles. The Morgan fingerprint density at radius 2 is 1.91 bits per heavy atom. The number of carbonyl (C=O) groups is 1. The van der Waals surface area contributed by atoms with Crippen LogP contribution in [0.25, 0.3) is 17.1 Å². The zero-order valence-electron chi connectivity index (χ0n) is 19.2. The summed E-state index contributed by atoms with van der Waals surface area (Å²) in [7, 11) is 0. The number of benzene rings is 2. The minimum Gasteiger partial charge on any atom is -0.494 e. The molecule has 7 nitrogen and oxygen atoms in total. The van der Waals surface area contributed by atoms with Crippen LogP contribution in [0.15, 0.2) is 54.6 Å². The second-order valence-electron chi connectivity index (χ2n) is 8.00. The van der Waals surface area contributed by atoms with Crippen molar-refractivity contribution in [3.8, 4) is 5.75 Å². The van der Waals surface area contributed by atoms with E-state index in [2.05, 4.69) is 20.9 Å². The molecule has 33 heavy (non-hydrogen) atoms. The third kappa shape index (κ3) is 6.43. The van der Waals surface area contributed by atoms with Crippen LogP contribution in [0.3, 0.4) is 0 Å². The van der Waals surface area contributed by atoms with Gasteiger partial charge in [0, 0.05) is 45.2 Å². The van der Waals surface area contributed by atoms with Crippen LogP contribution in [0, 0.1) is 0 Å². The molecule has 1 aliphatic rings. The lowest BCUT2D eigenvalue weighted by Gasteiger charge is -2.27. The van der Waals surface area contributed by atoms with Crippen molar-refractivity contribution < 1.29 is 14.3 Å². The van der Waals surface area contributed by atoms with Gasteiger partial charge in [0.2, 0.25) is 5.91 Å². The van der Waals surface area contributed by atoms with Crippen LogP contribution in [0.5, 0.6) is 5.75 Å². The number of imidazole rings is 1. The van der Waals surface area contributed by atoms with E-state index in [1.54, 1.807) is 6.08 Å². The molecule has 0 atom stereocenters. The molecule has 0 radical (unpaired) electrons. The lowest BCUT2D eigenvalue weighted by molar-refractivity contribution is -0.116. The molecule has 0 spiro atoms. The van der Waals surface area contributed by atoms with Crippen LogP contribution in [0.1, 0.15) is 18.3 Å². The van der Waals surface area contributed by atoms with Crippen LogP contribution < -0.4 is 10.1 Å². The molecule has 0 aliphatic carbocycles. The largest absolute Gasteiger partial charge is 0.494 e. The van der Waals surface area contributed by atoms with Crippen molar-refractivity contribution in [2.75, 3.05) is 46.0 Å². The first-order valence-electron chi connectivity index (χ1n) is 11.7. The quantitative estimate of drug-likeness (QED) is 0.483. The van der Waals surface area contributed by atoms with Gasteiger partial charge in [0.15, 0.2) is 0 Å². The van der Waals surface area contributed by atoms with Crippen molar-refractivity contribution in [3.63, 3.8) is 0 Å². The number of morpholine rings is 1. The summed E-state index contributed by atoms with van der Waals surface area (Å²) in [5, 5.41) is 2.98. The maximum atomic E-state index is 12.3. The Bertz CT molecular complexity index is 1070. The highest BCUT2D eigenvalue weighted by Crippen LogP contribution is 2.17. The average Bonchev–Trinajstić information content (AvgIpc) is 3.20. The maximum Gasteiger partial charge on any atom is 0.244 e. The minimum absolute atomic E-state index is 0.111. The van der Waals surface area contributed by atoms with Gasteiger partial charge in [0.1, 0.15) is 11.6 Å². The van der Waals surface area contributed by atoms with Crippen LogP contribution in [-0.2, 0) is 22.5 Å². The van der Waals surface area contributed by atoms with Gasteiger partial charge in [-0.3, -0.25) is 9.69 Å². The van der Waals surface area contributed by atoms with E-state index in [9.17, 15) is 4.79 Å². The predicted molar refractivity (Wildman–Crippen MR) is 130 cm³/mol. The van der Waals surface area contributed by atoms with Gasteiger partial charge in [-0.05, 0) is 42.8 Å². The molecule has 1 N–H and O–H groups in total. The summed E-state index contributed by atoms with van der Waals surface area (Å²) in [6.07, 6.45) is 4.06. The van der Waals surface area contributed by atoms with E-state index in [1.807, 2.05) is 55.5 Å². The highest BCUT2D eigenvalue weighted by atomic mass is 16.5. The first-order chi connectivity index (χ1) is 16.2. The summed E-state index contributed by atoms with van der Waals surface area (Å²) < 4.78 is 13.2. The van der Waals surface area contributed by atoms with Crippen molar-refractivity contribution in [2.45, 2.75) is 19.9 Å². The summed E-state index contributed by atoms with van der Waals surface area (Å²) in [4.78, 5) is 19.6. The second kappa shape index (κ2) is 11.6. The van der Waals surface area contributed by atoms with Gasteiger partial charge in [0.25, 0.3) is 0 Å². The van der Waals surface area contributed by atoms with Gasteiger partial charge >= 0.3 is 0 Å². The molecule has 3 aromatic rings. The summed E-state index contributed by atoms with van der Waals surface area (Å²) in [5.74, 6) is 1.72. The third-order valence-electron chi connectivity index (χ3n) is 5.74. The number of nitrogens with zero attached hydrogens (tertiary/aromatic N) is 3.